The van der Waals surface area contributed by atoms with E-state index in [1.165, 1.54) is 6.07 Å². The summed E-state index contributed by atoms with van der Waals surface area (Å²) < 4.78 is 47.4. The van der Waals surface area contributed by atoms with Crippen LogP contribution in [0.25, 0.3) is 0 Å². The van der Waals surface area contributed by atoms with Crippen molar-refractivity contribution in [2.75, 3.05) is 43.0 Å². The maximum absolute atomic E-state index is 13.7. The standard InChI is InChI=1S/C39H47F3N8O5S.ClH/c1-23-20-47(21-24(2)48(23)22-34(52)45-26-7-5-25(6-8-26)30-13-14-33(51)46-35(30)53)15-16-55-29-11-9-27(10-12-29)50-37(56)49(36(54)38(50,3)4)28-17-31(39(40,41)42)32(18-43)44-19-28;/h5-8,17,19,23-24,27,29-30H,9-16,20-22H2,1-4H3,(H,45,52)(H,46,51,53);1H/t23-,24+,27?,29?,30?;. The Kier molecular flexibility index (Phi) is 13.7. The van der Waals surface area contributed by atoms with Gasteiger partial charge in [0.15, 0.2) is 10.8 Å². The van der Waals surface area contributed by atoms with Crippen LogP contribution in [0.15, 0.2) is 36.5 Å². The number of ether oxygens (including phenoxy) is 1. The summed E-state index contributed by atoms with van der Waals surface area (Å²) in [5.41, 5.74) is -1.76. The zero-order valence-electron chi connectivity index (χ0n) is 32.3. The molecule has 3 atom stereocenters. The Morgan fingerprint density at radius 3 is 2.32 bits per heavy atom. The highest BCUT2D eigenvalue weighted by Gasteiger charge is 2.53. The summed E-state index contributed by atoms with van der Waals surface area (Å²) in [4.78, 5) is 61.4. The van der Waals surface area contributed by atoms with E-state index >= 15 is 0 Å². The summed E-state index contributed by atoms with van der Waals surface area (Å²) >= 11 is 5.71. The molecular weight excluding hydrogens is 785 g/mol. The molecule has 57 heavy (non-hydrogen) atoms. The van der Waals surface area contributed by atoms with Crippen LogP contribution in [-0.2, 0) is 30.1 Å². The predicted molar refractivity (Wildman–Crippen MR) is 211 cm³/mol. The number of thiocarbonyl (C=S) groups is 1. The number of piperidine rings is 1. The maximum atomic E-state index is 13.7. The minimum absolute atomic E-state index is 0. The van der Waals surface area contributed by atoms with Crippen molar-refractivity contribution in [1.29, 1.82) is 5.26 Å². The molecule has 2 N–H and O–H groups in total. The molecule has 2 aromatic rings. The molecule has 0 radical (unpaired) electrons. The minimum Gasteiger partial charge on any atom is -0.377 e. The van der Waals surface area contributed by atoms with Gasteiger partial charge in [-0.2, -0.15) is 18.4 Å². The number of hydrogen-bond acceptors (Lipinski definition) is 10. The third-order valence-electron chi connectivity index (χ3n) is 11.4. The van der Waals surface area contributed by atoms with Crippen LogP contribution in [0.2, 0.25) is 0 Å². The first-order valence-corrected chi connectivity index (χ1v) is 19.4. The first-order valence-electron chi connectivity index (χ1n) is 19.0. The number of hydrogen-bond donors (Lipinski definition) is 2. The number of halogens is 4. The average molecular weight is 833 g/mol. The number of anilines is 2. The zero-order valence-corrected chi connectivity index (χ0v) is 33.9. The van der Waals surface area contributed by atoms with Crippen molar-refractivity contribution in [2.24, 2.45) is 0 Å². The van der Waals surface area contributed by atoms with E-state index in [0.29, 0.717) is 38.0 Å². The predicted octanol–water partition coefficient (Wildman–Crippen LogP) is 4.99. The molecule has 4 heterocycles. The van der Waals surface area contributed by atoms with Crippen LogP contribution in [0.3, 0.4) is 0 Å². The molecule has 1 saturated carbocycles. The van der Waals surface area contributed by atoms with E-state index in [4.69, 9.17) is 22.2 Å². The second kappa shape index (κ2) is 17.7. The van der Waals surface area contributed by atoms with E-state index in [1.54, 1.807) is 26.0 Å². The highest BCUT2D eigenvalue weighted by molar-refractivity contribution is 7.80. The highest BCUT2D eigenvalue weighted by atomic mass is 35.5. The van der Waals surface area contributed by atoms with Crippen LogP contribution in [0, 0.1) is 11.3 Å². The number of imide groups is 1. The van der Waals surface area contributed by atoms with Crippen molar-refractivity contribution in [3.8, 4) is 6.07 Å². The third kappa shape index (κ3) is 9.58. The monoisotopic (exact) mass is 832 g/mol. The van der Waals surface area contributed by atoms with E-state index in [0.717, 1.165) is 55.2 Å². The zero-order chi connectivity index (χ0) is 40.5. The Balaban J connectivity index is 0.00000620. The third-order valence-corrected chi connectivity index (χ3v) is 11.8. The number of nitrogens with one attached hydrogen (secondary N) is 2. The van der Waals surface area contributed by atoms with E-state index in [9.17, 15) is 32.3 Å². The number of amides is 4. The first-order chi connectivity index (χ1) is 26.5. The van der Waals surface area contributed by atoms with Crippen LogP contribution in [0.1, 0.15) is 89.0 Å². The maximum Gasteiger partial charge on any atom is 0.419 e. The molecule has 13 nitrogen and oxygen atoms in total. The summed E-state index contributed by atoms with van der Waals surface area (Å²) in [6.07, 6.45) is -0.106. The quantitative estimate of drug-likeness (QED) is 0.246. The number of rotatable bonds is 10. The lowest BCUT2D eigenvalue weighted by Gasteiger charge is -2.44. The van der Waals surface area contributed by atoms with Gasteiger partial charge in [0.05, 0.1) is 42.6 Å². The lowest BCUT2D eigenvalue weighted by Crippen LogP contribution is -2.58. The fourth-order valence-electron chi connectivity index (χ4n) is 8.49. The topological polar surface area (TPSA) is 151 Å². The molecule has 3 aliphatic heterocycles. The summed E-state index contributed by atoms with van der Waals surface area (Å²) in [6, 6.07) is 9.55. The van der Waals surface area contributed by atoms with Crippen LogP contribution >= 0.6 is 24.6 Å². The van der Waals surface area contributed by atoms with E-state index in [2.05, 4.69) is 39.3 Å². The van der Waals surface area contributed by atoms with Crippen molar-refractivity contribution in [3.63, 3.8) is 0 Å². The molecule has 308 valence electrons. The molecule has 1 aromatic carbocycles. The van der Waals surface area contributed by atoms with Gasteiger partial charge < -0.3 is 15.0 Å². The van der Waals surface area contributed by atoms with E-state index in [1.807, 2.05) is 17.0 Å². The summed E-state index contributed by atoms with van der Waals surface area (Å²) in [5.74, 6) is -1.51. The molecule has 4 aliphatic rings. The van der Waals surface area contributed by atoms with Crippen molar-refractivity contribution < 1.29 is 37.1 Å². The number of pyridine rings is 1. The molecule has 4 fully saturated rings. The van der Waals surface area contributed by atoms with Crippen molar-refractivity contribution >= 4 is 64.7 Å². The Morgan fingerprint density at radius 2 is 1.72 bits per heavy atom. The van der Waals surface area contributed by atoms with Gasteiger partial charge in [-0.1, -0.05) is 12.1 Å². The van der Waals surface area contributed by atoms with Gasteiger partial charge in [-0.25, -0.2) is 4.98 Å². The fraction of sp³-hybridized carbons (Fsp3) is 0.564. The molecular formula is C39H48ClF3N8O5S. The van der Waals surface area contributed by atoms with Crippen LogP contribution in [0.4, 0.5) is 24.5 Å². The Morgan fingerprint density at radius 1 is 1.07 bits per heavy atom. The second-order valence-electron chi connectivity index (χ2n) is 15.7. The van der Waals surface area contributed by atoms with Crippen molar-refractivity contribution in [2.45, 2.75) is 108 Å². The Labute approximate surface area is 341 Å². The lowest BCUT2D eigenvalue weighted by molar-refractivity contribution is -0.138. The largest absolute Gasteiger partial charge is 0.419 e. The molecule has 1 aliphatic carbocycles. The van der Waals surface area contributed by atoms with Crippen molar-refractivity contribution in [1.82, 2.24) is 25.0 Å². The molecule has 6 rings (SSSR count). The molecule has 1 unspecified atom stereocenters. The number of nitrogens with zero attached hydrogens (tertiary/aromatic N) is 6. The normalized spacial score (nSPS) is 25.8. The first kappa shape index (κ1) is 43.9. The van der Waals surface area contributed by atoms with Crippen LogP contribution in [0.5, 0.6) is 0 Å². The number of benzene rings is 1. The van der Waals surface area contributed by atoms with Crippen LogP contribution < -0.4 is 15.5 Å². The summed E-state index contributed by atoms with van der Waals surface area (Å²) in [6.45, 7) is 10.7. The Bertz CT molecular complexity index is 1890. The number of aromatic nitrogens is 1. The van der Waals surface area contributed by atoms with E-state index < -0.39 is 28.9 Å². The highest BCUT2D eigenvalue weighted by Crippen LogP contribution is 2.40. The number of carbonyl (C=O) groups is 4. The average Bonchev–Trinajstić information content (AvgIpc) is 3.32. The van der Waals surface area contributed by atoms with Gasteiger partial charge in [0.1, 0.15) is 11.6 Å². The molecule has 1 aromatic heterocycles. The Hall–Kier alpha value is -4.21. The van der Waals surface area contributed by atoms with Gasteiger partial charge >= 0.3 is 6.18 Å². The number of nitriles is 1. The lowest BCUT2D eigenvalue weighted by atomic mass is 9.89. The SMILES string of the molecule is C[C@@H]1CN(CCOC2CCC(N3C(=S)N(c4cnc(C#N)c(C(F)(F)F)c4)C(=O)C3(C)C)CC2)C[C@H](C)N1CC(=O)Nc1ccc(C2CCC(=O)NC2=O)cc1.Cl. The number of carbonyl (C=O) groups excluding carboxylic acids is 4. The molecule has 0 bridgehead atoms. The molecule has 4 amide bonds. The van der Waals surface area contributed by atoms with Gasteiger partial charge in [0, 0.05) is 49.9 Å². The second-order valence-corrected chi connectivity index (χ2v) is 16.0. The summed E-state index contributed by atoms with van der Waals surface area (Å²) in [7, 11) is 0. The van der Waals surface area contributed by atoms with Gasteiger partial charge in [-0.3, -0.25) is 39.2 Å². The molecule has 18 heteroatoms. The minimum atomic E-state index is -4.82. The van der Waals surface area contributed by atoms with Gasteiger partial charge in [-0.15, -0.1) is 12.4 Å². The van der Waals surface area contributed by atoms with E-state index in [-0.39, 0.29) is 77.6 Å². The number of piperazine rings is 1. The van der Waals surface area contributed by atoms with Gasteiger partial charge in [0.25, 0.3) is 5.91 Å². The fourth-order valence-corrected chi connectivity index (χ4v) is 9.05. The van der Waals surface area contributed by atoms with Gasteiger partial charge in [-0.05, 0) is 95.8 Å². The molecule has 3 saturated heterocycles. The van der Waals surface area contributed by atoms with Gasteiger partial charge in [0.2, 0.25) is 17.7 Å². The molecule has 0 spiro atoms. The number of alkyl halides is 3. The van der Waals surface area contributed by atoms with Crippen LogP contribution in [-0.4, -0.2) is 111 Å². The smallest absolute Gasteiger partial charge is 0.377 e. The summed E-state index contributed by atoms with van der Waals surface area (Å²) in [5, 5.41) is 14.6. The van der Waals surface area contributed by atoms with Crippen molar-refractivity contribution in [3.05, 3.63) is 53.3 Å².